The summed E-state index contributed by atoms with van der Waals surface area (Å²) in [5.74, 6) is 0. The Labute approximate surface area is 56.7 Å². The Morgan fingerprint density at radius 3 is 2.44 bits per heavy atom. The number of hydrogen-bond acceptors (Lipinski definition) is 3. The van der Waals surface area contributed by atoms with Gasteiger partial charge in [-0.2, -0.15) is 0 Å². The van der Waals surface area contributed by atoms with Gasteiger partial charge in [0.25, 0.3) is 0 Å². The zero-order chi connectivity index (χ0) is 7.28. The van der Waals surface area contributed by atoms with Gasteiger partial charge in [0.1, 0.15) is 0 Å². The molecule has 56 valence electrons. The van der Waals surface area contributed by atoms with E-state index in [1.165, 1.54) is 0 Å². The second kappa shape index (κ2) is 4.73. The predicted octanol–water partition coefficient (Wildman–Crippen LogP) is -0.872. The van der Waals surface area contributed by atoms with E-state index in [4.69, 9.17) is 5.11 Å². The monoisotopic (exact) mass is 132 g/mol. The molecule has 0 bridgehead atoms. The molecule has 9 heavy (non-hydrogen) atoms. The predicted molar refractivity (Wildman–Crippen MR) is 38.5 cm³/mol. The number of rotatable bonds is 4. The molecule has 1 unspecified atom stereocenters. The lowest BCUT2D eigenvalue weighted by Gasteiger charge is -2.14. The third-order valence-electron chi connectivity index (χ3n) is 1.02. The Balaban J connectivity index is 3.15. The summed E-state index contributed by atoms with van der Waals surface area (Å²) in [4.78, 5) is 1.96. The van der Waals surface area contributed by atoms with Crippen LogP contribution < -0.4 is 5.32 Å². The SMILES string of the molecule is CNCC(O)CN(C)C. The summed E-state index contributed by atoms with van der Waals surface area (Å²) in [6.07, 6.45) is -0.245. The van der Waals surface area contributed by atoms with Gasteiger partial charge in [-0.15, -0.1) is 0 Å². The fourth-order valence-corrected chi connectivity index (χ4v) is 0.722. The summed E-state index contributed by atoms with van der Waals surface area (Å²) >= 11 is 0. The first-order valence-electron chi connectivity index (χ1n) is 3.14. The van der Waals surface area contributed by atoms with Gasteiger partial charge in [-0.05, 0) is 21.1 Å². The maximum Gasteiger partial charge on any atom is 0.0790 e. The number of aliphatic hydroxyl groups is 1. The Kier molecular flexibility index (Phi) is 4.67. The average molecular weight is 132 g/mol. The quantitative estimate of drug-likeness (QED) is 0.522. The van der Waals surface area contributed by atoms with Crippen LogP contribution in [-0.2, 0) is 0 Å². The molecule has 0 heterocycles. The van der Waals surface area contributed by atoms with Crippen LogP contribution >= 0.6 is 0 Å². The second-order valence-corrected chi connectivity index (χ2v) is 2.47. The van der Waals surface area contributed by atoms with E-state index in [0.29, 0.717) is 6.54 Å². The van der Waals surface area contributed by atoms with Crippen LogP contribution in [0, 0.1) is 0 Å². The van der Waals surface area contributed by atoms with Gasteiger partial charge in [-0.25, -0.2) is 0 Å². The highest BCUT2D eigenvalue weighted by molar-refractivity contribution is 4.59. The van der Waals surface area contributed by atoms with Crippen molar-refractivity contribution in [3.8, 4) is 0 Å². The van der Waals surface area contributed by atoms with E-state index in [2.05, 4.69) is 5.32 Å². The lowest BCUT2D eigenvalue weighted by Crippen LogP contribution is -2.33. The average Bonchev–Trinajstić information content (AvgIpc) is 1.63. The highest BCUT2D eigenvalue weighted by atomic mass is 16.3. The molecule has 0 rings (SSSR count). The van der Waals surface area contributed by atoms with E-state index in [9.17, 15) is 0 Å². The molecule has 1 atom stereocenters. The van der Waals surface area contributed by atoms with Crippen molar-refractivity contribution in [2.24, 2.45) is 0 Å². The van der Waals surface area contributed by atoms with Crippen LogP contribution in [0.2, 0.25) is 0 Å². The Hall–Kier alpha value is -0.120. The van der Waals surface area contributed by atoms with Gasteiger partial charge in [0.05, 0.1) is 6.10 Å². The molecule has 2 N–H and O–H groups in total. The van der Waals surface area contributed by atoms with E-state index in [0.717, 1.165) is 6.54 Å². The van der Waals surface area contributed by atoms with Crippen LogP contribution in [0.1, 0.15) is 0 Å². The van der Waals surface area contributed by atoms with E-state index in [1.54, 1.807) is 0 Å². The van der Waals surface area contributed by atoms with Crippen LogP contribution in [0.4, 0.5) is 0 Å². The zero-order valence-electron chi connectivity index (χ0n) is 6.39. The zero-order valence-corrected chi connectivity index (χ0v) is 6.39. The molecule has 0 aromatic carbocycles. The summed E-state index contributed by atoms with van der Waals surface area (Å²) in [5.41, 5.74) is 0. The van der Waals surface area contributed by atoms with Gasteiger partial charge in [0.2, 0.25) is 0 Å². The van der Waals surface area contributed by atoms with Gasteiger partial charge < -0.3 is 15.3 Å². The van der Waals surface area contributed by atoms with Crippen LogP contribution in [0.25, 0.3) is 0 Å². The molecule has 0 spiro atoms. The third-order valence-corrected chi connectivity index (χ3v) is 1.02. The maximum atomic E-state index is 9.12. The van der Waals surface area contributed by atoms with Gasteiger partial charge >= 0.3 is 0 Å². The summed E-state index contributed by atoms with van der Waals surface area (Å²) in [6, 6.07) is 0. The molecule has 0 saturated carbocycles. The number of aliphatic hydroxyl groups excluding tert-OH is 1. The van der Waals surface area contributed by atoms with Crippen LogP contribution in [0.3, 0.4) is 0 Å². The normalized spacial score (nSPS) is 14.3. The molecule has 0 aliphatic heterocycles. The van der Waals surface area contributed by atoms with Crippen molar-refractivity contribution in [1.29, 1.82) is 0 Å². The molecule has 0 radical (unpaired) electrons. The first-order chi connectivity index (χ1) is 4.16. The number of nitrogens with one attached hydrogen (secondary N) is 1. The van der Waals surface area contributed by atoms with Gasteiger partial charge in [-0.3, -0.25) is 0 Å². The van der Waals surface area contributed by atoms with E-state index >= 15 is 0 Å². The van der Waals surface area contributed by atoms with Gasteiger partial charge in [-0.1, -0.05) is 0 Å². The molecule has 0 aromatic heterocycles. The minimum absolute atomic E-state index is 0.245. The molecule has 0 aliphatic rings. The molecule has 0 fully saturated rings. The Morgan fingerprint density at radius 2 is 2.11 bits per heavy atom. The summed E-state index contributed by atoms with van der Waals surface area (Å²) in [5, 5.41) is 12.0. The van der Waals surface area contributed by atoms with Crippen molar-refractivity contribution in [3.63, 3.8) is 0 Å². The van der Waals surface area contributed by atoms with Crippen molar-refractivity contribution in [3.05, 3.63) is 0 Å². The van der Waals surface area contributed by atoms with Crippen LogP contribution in [0.15, 0.2) is 0 Å². The van der Waals surface area contributed by atoms with E-state index in [-0.39, 0.29) is 6.10 Å². The fraction of sp³-hybridized carbons (Fsp3) is 1.00. The summed E-state index contributed by atoms with van der Waals surface area (Å²) in [7, 11) is 5.72. The van der Waals surface area contributed by atoms with Crippen molar-refractivity contribution < 1.29 is 5.11 Å². The van der Waals surface area contributed by atoms with Crippen LogP contribution in [0.5, 0.6) is 0 Å². The van der Waals surface area contributed by atoms with E-state index < -0.39 is 0 Å². The second-order valence-electron chi connectivity index (χ2n) is 2.47. The molecule has 0 amide bonds. The lowest BCUT2D eigenvalue weighted by atomic mass is 10.3. The standard InChI is InChI=1S/C6H16N2O/c1-7-4-6(9)5-8(2)3/h6-7,9H,4-5H2,1-3H3. The molecular weight excluding hydrogens is 116 g/mol. The van der Waals surface area contributed by atoms with Crippen molar-refractivity contribution in [2.45, 2.75) is 6.10 Å². The molecular formula is C6H16N2O. The Morgan fingerprint density at radius 1 is 1.56 bits per heavy atom. The van der Waals surface area contributed by atoms with Crippen LogP contribution in [-0.4, -0.2) is 50.3 Å². The van der Waals surface area contributed by atoms with Crippen molar-refractivity contribution in [2.75, 3.05) is 34.2 Å². The highest BCUT2D eigenvalue weighted by Gasteiger charge is 2.01. The molecule has 3 nitrogen and oxygen atoms in total. The van der Waals surface area contributed by atoms with Gasteiger partial charge in [0, 0.05) is 13.1 Å². The number of likely N-dealkylation sites (N-methyl/N-ethyl adjacent to an activating group) is 2. The third kappa shape index (κ3) is 5.76. The summed E-state index contributed by atoms with van der Waals surface area (Å²) < 4.78 is 0. The van der Waals surface area contributed by atoms with Crippen molar-refractivity contribution >= 4 is 0 Å². The summed E-state index contributed by atoms with van der Waals surface area (Å²) in [6.45, 7) is 1.39. The smallest absolute Gasteiger partial charge is 0.0790 e. The maximum absolute atomic E-state index is 9.12. The fourth-order valence-electron chi connectivity index (χ4n) is 0.722. The number of nitrogens with zero attached hydrogens (tertiary/aromatic N) is 1. The first-order valence-corrected chi connectivity index (χ1v) is 3.14. The largest absolute Gasteiger partial charge is 0.390 e. The minimum Gasteiger partial charge on any atom is -0.390 e. The van der Waals surface area contributed by atoms with Crippen molar-refractivity contribution in [1.82, 2.24) is 10.2 Å². The minimum atomic E-state index is -0.245. The Bertz CT molecular complexity index is 66.1. The van der Waals surface area contributed by atoms with E-state index in [1.807, 2.05) is 26.0 Å². The molecule has 0 aromatic rings. The molecule has 3 heteroatoms. The highest BCUT2D eigenvalue weighted by Crippen LogP contribution is 1.81. The first kappa shape index (κ1) is 8.88. The topological polar surface area (TPSA) is 35.5 Å². The lowest BCUT2D eigenvalue weighted by molar-refractivity contribution is 0.137. The van der Waals surface area contributed by atoms with Gasteiger partial charge in [0.15, 0.2) is 0 Å². The molecule has 0 aliphatic carbocycles. The molecule has 0 saturated heterocycles. The number of hydrogen-bond donors (Lipinski definition) is 2.